The molecule has 0 bridgehead atoms. The topological polar surface area (TPSA) is 78.4 Å². The molecule has 1 heterocycles. The predicted octanol–water partition coefficient (Wildman–Crippen LogP) is 1.18. The molecule has 2 atom stereocenters. The molecule has 19 heavy (non-hydrogen) atoms. The lowest BCUT2D eigenvalue weighted by atomic mass is 10.00. The lowest BCUT2D eigenvalue weighted by molar-refractivity contribution is -0.142. The van der Waals surface area contributed by atoms with Crippen LogP contribution in [0.3, 0.4) is 0 Å². The fourth-order valence-electron chi connectivity index (χ4n) is 2.58. The highest BCUT2D eigenvalue weighted by atomic mass is 16.4. The summed E-state index contributed by atoms with van der Waals surface area (Å²) in [4.78, 5) is 23.4. The SMILES string of the molecule is O=C(NC(C(=O)O)C1CC1)C1CNc2ccccc21. The van der Waals surface area contributed by atoms with Crippen molar-refractivity contribution in [2.24, 2.45) is 5.92 Å². The summed E-state index contributed by atoms with van der Waals surface area (Å²) in [6.45, 7) is 0.530. The molecule has 1 aromatic carbocycles. The Morgan fingerprint density at radius 1 is 1.32 bits per heavy atom. The average molecular weight is 260 g/mol. The largest absolute Gasteiger partial charge is 0.480 e. The van der Waals surface area contributed by atoms with Crippen molar-refractivity contribution >= 4 is 17.6 Å². The molecule has 3 rings (SSSR count). The van der Waals surface area contributed by atoms with Gasteiger partial charge in [0, 0.05) is 12.2 Å². The molecule has 1 saturated carbocycles. The van der Waals surface area contributed by atoms with Crippen LogP contribution in [0.1, 0.15) is 24.3 Å². The van der Waals surface area contributed by atoms with E-state index in [1.165, 1.54) is 0 Å². The van der Waals surface area contributed by atoms with Crippen molar-refractivity contribution in [3.63, 3.8) is 0 Å². The van der Waals surface area contributed by atoms with Crippen LogP contribution in [0, 0.1) is 5.92 Å². The summed E-state index contributed by atoms with van der Waals surface area (Å²) in [6.07, 6.45) is 1.77. The molecule has 0 aromatic heterocycles. The van der Waals surface area contributed by atoms with Crippen LogP contribution in [0.5, 0.6) is 0 Å². The Hall–Kier alpha value is -2.04. The first-order valence-corrected chi connectivity index (χ1v) is 6.53. The van der Waals surface area contributed by atoms with Crippen molar-refractivity contribution in [2.75, 3.05) is 11.9 Å². The standard InChI is InChI=1S/C14H16N2O3/c17-13(16-12(14(18)19)8-5-6-8)10-7-15-11-4-2-1-3-9(10)11/h1-4,8,10,12,15H,5-7H2,(H,16,17)(H,18,19). The number of carbonyl (C=O) groups is 2. The molecule has 1 aliphatic carbocycles. The van der Waals surface area contributed by atoms with E-state index in [9.17, 15) is 9.59 Å². The number of rotatable bonds is 4. The molecule has 1 aliphatic heterocycles. The molecular weight excluding hydrogens is 244 g/mol. The molecule has 0 saturated heterocycles. The first-order valence-electron chi connectivity index (χ1n) is 6.53. The molecule has 1 aromatic rings. The summed E-state index contributed by atoms with van der Waals surface area (Å²) in [5.74, 6) is -1.32. The number of para-hydroxylation sites is 1. The molecule has 5 nitrogen and oxygen atoms in total. The number of carboxylic acid groups (broad SMARTS) is 1. The van der Waals surface area contributed by atoms with E-state index in [0.717, 1.165) is 24.1 Å². The summed E-state index contributed by atoms with van der Waals surface area (Å²) < 4.78 is 0. The van der Waals surface area contributed by atoms with Gasteiger partial charge in [0.1, 0.15) is 6.04 Å². The third kappa shape index (κ3) is 2.28. The quantitative estimate of drug-likeness (QED) is 0.759. The number of carbonyl (C=O) groups excluding carboxylic acids is 1. The molecule has 5 heteroatoms. The van der Waals surface area contributed by atoms with E-state index in [4.69, 9.17) is 5.11 Å². The van der Waals surface area contributed by atoms with Gasteiger partial charge in [-0.3, -0.25) is 4.79 Å². The summed E-state index contributed by atoms with van der Waals surface area (Å²) in [7, 11) is 0. The molecule has 3 N–H and O–H groups in total. The van der Waals surface area contributed by atoms with Crippen molar-refractivity contribution in [1.29, 1.82) is 0 Å². The number of hydrogen-bond acceptors (Lipinski definition) is 3. The van der Waals surface area contributed by atoms with E-state index in [2.05, 4.69) is 10.6 Å². The van der Waals surface area contributed by atoms with Crippen LogP contribution in [0.4, 0.5) is 5.69 Å². The minimum atomic E-state index is -0.935. The van der Waals surface area contributed by atoms with E-state index in [0.29, 0.717) is 6.54 Å². The number of benzene rings is 1. The molecule has 0 radical (unpaired) electrons. The lowest BCUT2D eigenvalue weighted by Gasteiger charge is -2.17. The minimum Gasteiger partial charge on any atom is -0.480 e. The molecule has 2 unspecified atom stereocenters. The molecule has 100 valence electrons. The summed E-state index contributed by atoms with van der Waals surface area (Å²) in [5.41, 5.74) is 1.90. The van der Waals surface area contributed by atoms with Gasteiger partial charge in [0.25, 0.3) is 0 Å². The van der Waals surface area contributed by atoms with Crippen LogP contribution in [-0.4, -0.2) is 29.6 Å². The zero-order valence-electron chi connectivity index (χ0n) is 10.4. The Bertz CT molecular complexity index is 525. The van der Waals surface area contributed by atoms with Gasteiger partial charge in [-0.2, -0.15) is 0 Å². The number of aliphatic carboxylic acids is 1. The number of amides is 1. The van der Waals surface area contributed by atoms with Crippen molar-refractivity contribution in [1.82, 2.24) is 5.32 Å². The highest BCUT2D eigenvalue weighted by Gasteiger charge is 2.39. The van der Waals surface area contributed by atoms with Crippen LogP contribution >= 0.6 is 0 Å². The van der Waals surface area contributed by atoms with Gasteiger partial charge in [0.05, 0.1) is 5.92 Å². The van der Waals surface area contributed by atoms with Gasteiger partial charge < -0.3 is 15.7 Å². The highest BCUT2D eigenvalue weighted by molar-refractivity contribution is 5.91. The first-order chi connectivity index (χ1) is 9.16. The van der Waals surface area contributed by atoms with Crippen molar-refractivity contribution in [3.8, 4) is 0 Å². The van der Waals surface area contributed by atoms with Crippen LogP contribution in [0.15, 0.2) is 24.3 Å². The van der Waals surface area contributed by atoms with Crippen LogP contribution in [0.25, 0.3) is 0 Å². The molecule has 2 aliphatic rings. The normalized spacial score (nSPS) is 22.2. The maximum Gasteiger partial charge on any atom is 0.326 e. The minimum absolute atomic E-state index is 0.103. The van der Waals surface area contributed by atoms with E-state index >= 15 is 0 Å². The fraction of sp³-hybridized carbons (Fsp3) is 0.429. The maximum atomic E-state index is 12.2. The zero-order valence-corrected chi connectivity index (χ0v) is 10.4. The third-order valence-corrected chi connectivity index (χ3v) is 3.81. The Morgan fingerprint density at radius 3 is 2.74 bits per heavy atom. The second-order valence-corrected chi connectivity index (χ2v) is 5.18. The molecule has 1 amide bonds. The first kappa shape index (κ1) is 12.0. The van der Waals surface area contributed by atoms with E-state index < -0.39 is 12.0 Å². The van der Waals surface area contributed by atoms with E-state index in [-0.39, 0.29) is 17.7 Å². The number of fused-ring (bicyclic) bond motifs is 1. The molecular formula is C14H16N2O3. The Labute approximate surface area is 111 Å². The highest BCUT2D eigenvalue weighted by Crippen LogP contribution is 2.34. The average Bonchev–Trinajstić information content (AvgIpc) is 3.14. The number of carboxylic acids is 1. The van der Waals surface area contributed by atoms with Crippen molar-refractivity contribution in [2.45, 2.75) is 24.8 Å². The van der Waals surface area contributed by atoms with Crippen LogP contribution < -0.4 is 10.6 Å². The zero-order chi connectivity index (χ0) is 13.4. The van der Waals surface area contributed by atoms with Gasteiger partial charge in [-0.1, -0.05) is 18.2 Å². The fourth-order valence-corrected chi connectivity index (χ4v) is 2.58. The summed E-state index contributed by atoms with van der Waals surface area (Å²) in [6, 6.07) is 6.91. The monoisotopic (exact) mass is 260 g/mol. The second kappa shape index (κ2) is 4.57. The van der Waals surface area contributed by atoms with E-state index in [1.807, 2.05) is 24.3 Å². The Morgan fingerprint density at radius 2 is 2.05 bits per heavy atom. The van der Waals surface area contributed by atoms with Crippen molar-refractivity contribution in [3.05, 3.63) is 29.8 Å². The van der Waals surface area contributed by atoms with Gasteiger partial charge in [-0.05, 0) is 30.4 Å². The lowest BCUT2D eigenvalue weighted by Crippen LogP contribution is -2.44. The van der Waals surface area contributed by atoms with Crippen molar-refractivity contribution < 1.29 is 14.7 Å². The van der Waals surface area contributed by atoms with Gasteiger partial charge in [-0.25, -0.2) is 4.79 Å². The number of nitrogens with one attached hydrogen (secondary N) is 2. The summed E-state index contributed by atoms with van der Waals surface area (Å²) in [5, 5.41) is 15.0. The number of hydrogen-bond donors (Lipinski definition) is 3. The Balaban J connectivity index is 1.73. The van der Waals surface area contributed by atoms with Gasteiger partial charge in [0.15, 0.2) is 0 Å². The van der Waals surface area contributed by atoms with Crippen LogP contribution in [0.2, 0.25) is 0 Å². The smallest absolute Gasteiger partial charge is 0.326 e. The molecule has 0 spiro atoms. The van der Waals surface area contributed by atoms with Gasteiger partial charge >= 0.3 is 5.97 Å². The second-order valence-electron chi connectivity index (χ2n) is 5.18. The number of anilines is 1. The van der Waals surface area contributed by atoms with Crippen LogP contribution in [-0.2, 0) is 9.59 Å². The Kier molecular flexibility index (Phi) is 2.89. The van der Waals surface area contributed by atoms with E-state index in [1.54, 1.807) is 0 Å². The van der Waals surface area contributed by atoms with Gasteiger partial charge in [-0.15, -0.1) is 0 Å². The summed E-state index contributed by atoms with van der Waals surface area (Å²) >= 11 is 0. The predicted molar refractivity (Wildman–Crippen MR) is 70.0 cm³/mol. The third-order valence-electron chi connectivity index (χ3n) is 3.81. The molecule has 1 fully saturated rings. The maximum absolute atomic E-state index is 12.2. The van der Waals surface area contributed by atoms with Gasteiger partial charge in [0.2, 0.25) is 5.91 Å².